The number of hydrogen-bond donors (Lipinski definition) is 3. The highest BCUT2D eigenvalue weighted by Gasteiger charge is 2.24. The maximum absolute atomic E-state index is 12.6. The lowest BCUT2D eigenvalue weighted by atomic mass is 10.1. The minimum Gasteiger partial charge on any atom is -0.506 e. The molecule has 0 bridgehead atoms. The Bertz CT molecular complexity index is 1020. The fourth-order valence-electron chi connectivity index (χ4n) is 2.30. The molecule has 0 spiro atoms. The van der Waals surface area contributed by atoms with E-state index in [1.165, 1.54) is 6.07 Å². The Hall–Kier alpha value is -1.82. The van der Waals surface area contributed by atoms with Gasteiger partial charge in [-0.25, -0.2) is 0 Å². The molecule has 114 valence electrons. The summed E-state index contributed by atoms with van der Waals surface area (Å²) in [6, 6.07) is 1.30. The van der Waals surface area contributed by atoms with Crippen molar-refractivity contribution in [3.63, 3.8) is 0 Å². The molecule has 3 N–H and O–H groups in total. The molecule has 3 aromatic rings. The number of rotatable bonds is 0. The molecule has 0 aliphatic carbocycles. The van der Waals surface area contributed by atoms with Crippen molar-refractivity contribution in [2.45, 2.75) is 6.92 Å². The summed E-state index contributed by atoms with van der Waals surface area (Å²) in [6.07, 6.45) is 0. The predicted octanol–water partition coefficient (Wildman–Crippen LogP) is 4.33. The first-order valence-electron chi connectivity index (χ1n) is 5.93. The second-order valence-corrected chi connectivity index (χ2v) is 5.83. The van der Waals surface area contributed by atoms with E-state index in [4.69, 9.17) is 39.2 Å². The maximum Gasteiger partial charge on any atom is 0.204 e. The molecule has 0 atom stereocenters. The zero-order valence-corrected chi connectivity index (χ0v) is 13.1. The summed E-state index contributed by atoms with van der Waals surface area (Å²) < 4.78 is 5.46. The molecule has 0 amide bonds. The predicted molar refractivity (Wildman–Crippen MR) is 84.8 cm³/mol. The fraction of sp³-hybridized carbons (Fsp3) is 0.0714. The highest BCUT2D eigenvalue weighted by Crippen LogP contribution is 2.46. The van der Waals surface area contributed by atoms with Crippen LogP contribution in [0, 0.1) is 6.92 Å². The van der Waals surface area contributed by atoms with Gasteiger partial charge in [0.15, 0.2) is 22.7 Å². The molecule has 1 heterocycles. The fourth-order valence-corrected chi connectivity index (χ4v) is 2.95. The Morgan fingerprint density at radius 3 is 2.14 bits per heavy atom. The molecule has 5 nitrogen and oxygen atoms in total. The smallest absolute Gasteiger partial charge is 0.204 e. The molecule has 0 fully saturated rings. The van der Waals surface area contributed by atoms with Crippen LogP contribution in [0.4, 0.5) is 0 Å². The van der Waals surface area contributed by atoms with E-state index in [0.717, 1.165) is 0 Å². The summed E-state index contributed by atoms with van der Waals surface area (Å²) in [4.78, 5) is 12.6. The van der Waals surface area contributed by atoms with Crippen LogP contribution in [0.3, 0.4) is 0 Å². The first-order valence-corrected chi connectivity index (χ1v) is 7.06. The average molecular weight is 362 g/mol. The van der Waals surface area contributed by atoms with Crippen LogP contribution in [0.25, 0.3) is 21.9 Å². The van der Waals surface area contributed by atoms with Gasteiger partial charge in [-0.3, -0.25) is 4.79 Å². The van der Waals surface area contributed by atoms with Crippen LogP contribution in [0.15, 0.2) is 15.3 Å². The number of fused-ring (bicyclic) bond motifs is 2. The lowest BCUT2D eigenvalue weighted by molar-refractivity contribution is 0.453. The lowest BCUT2D eigenvalue weighted by Crippen LogP contribution is -2.05. The Morgan fingerprint density at radius 2 is 1.50 bits per heavy atom. The van der Waals surface area contributed by atoms with Crippen LogP contribution in [0.5, 0.6) is 17.2 Å². The van der Waals surface area contributed by atoms with Gasteiger partial charge in [-0.2, -0.15) is 0 Å². The van der Waals surface area contributed by atoms with Gasteiger partial charge in [0.05, 0.1) is 5.39 Å². The van der Waals surface area contributed by atoms with Gasteiger partial charge >= 0.3 is 0 Å². The molecule has 0 saturated heterocycles. The maximum atomic E-state index is 12.6. The molecule has 0 aliphatic rings. The van der Waals surface area contributed by atoms with Crippen LogP contribution in [-0.4, -0.2) is 15.3 Å². The van der Waals surface area contributed by atoms with Crippen LogP contribution in [0.2, 0.25) is 15.1 Å². The third-order valence-corrected chi connectivity index (χ3v) is 4.42. The number of aromatic hydroxyl groups is 3. The normalized spacial score (nSPS) is 11.5. The molecule has 8 heteroatoms. The lowest BCUT2D eigenvalue weighted by Gasteiger charge is -2.11. The molecule has 2 aromatic carbocycles. The number of aryl methyl sites for hydroxylation is 1. The van der Waals surface area contributed by atoms with Gasteiger partial charge in [0.2, 0.25) is 5.43 Å². The van der Waals surface area contributed by atoms with E-state index in [9.17, 15) is 20.1 Å². The van der Waals surface area contributed by atoms with Crippen molar-refractivity contribution in [1.82, 2.24) is 0 Å². The summed E-state index contributed by atoms with van der Waals surface area (Å²) in [5.74, 6) is -1.53. The third-order valence-electron chi connectivity index (χ3n) is 3.34. The van der Waals surface area contributed by atoms with Crippen molar-refractivity contribution in [3.05, 3.63) is 36.9 Å². The minimum atomic E-state index is -0.641. The number of phenolic OH excluding ortho intramolecular Hbond substituents is 3. The van der Waals surface area contributed by atoms with Crippen molar-refractivity contribution >= 4 is 56.7 Å². The second kappa shape index (κ2) is 4.84. The highest BCUT2D eigenvalue weighted by atomic mass is 35.5. The number of phenols is 3. The van der Waals surface area contributed by atoms with E-state index in [-0.39, 0.29) is 37.7 Å². The Kier molecular flexibility index (Phi) is 3.32. The minimum absolute atomic E-state index is 0.0726. The van der Waals surface area contributed by atoms with Gasteiger partial charge in [0.25, 0.3) is 0 Å². The summed E-state index contributed by atoms with van der Waals surface area (Å²) in [5, 5.41) is 28.4. The van der Waals surface area contributed by atoms with Crippen LogP contribution in [-0.2, 0) is 0 Å². The molecule has 0 aliphatic heterocycles. The van der Waals surface area contributed by atoms with Crippen LogP contribution in [0.1, 0.15) is 5.56 Å². The summed E-state index contributed by atoms with van der Waals surface area (Å²) in [5.41, 5.74) is -0.602. The number of benzene rings is 2. The Labute approximate surface area is 137 Å². The van der Waals surface area contributed by atoms with E-state index in [0.29, 0.717) is 5.56 Å². The van der Waals surface area contributed by atoms with Gasteiger partial charge in [-0.05, 0) is 18.6 Å². The summed E-state index contributed by atoms with van der Waals surface area (Å²) in [7, 11) is 0. The van der Waals surface area contributed by atoms with Gasteiger partial charge < -0.3 is 19.7 Å². The quantitative estimate of drug-likeness (QED) is 0.518. The van der Waals surface area contributed by atoms with Crippen molar-refractivity contribution in [1.29, 1.82) is 0 Å². The largest absolute Gasteiger partial charge is 0.506 e. The van der Waals surface area contributed by atoms with Crippen LogP contribution >= 0.6 is 34.8 Å². The van der Waals surface area contributed by atoms with Crippen molar-refractivity contribution in [2.24, 2.45) is 0 Å². The van der Waals surface area contributed by atoms with Gasteiger partial charge in [0, 0.05) is 0 Å². The Morgan fingerprint density at radius 1 is 0.909 bits per heavy atom. The molecule has 1 aromatic heterocycles. The van der Waals surface area contributed by atoms with Gasteiger partial charge in [-0.1, -0.05) is 34.8 Å². The van der Waals surface area contributed by atoms with Crippen molar-refractivity contribution in [3.8, 4) is 17.2 Å². The zero-order valence-electron chi connectivity index (χ0n) is 10.9. The van der Waals surface area contributed by atoms with Gasteiger partial charge in [0.1, 0.15) is 26.2 Å². The van der Waals surface area contributed by atoms with Crippen LogP contribution < -0.4 is 5.43 Å². The van der Waals surface area contributed by atoms with E-state index < -0.39 is 22.0 Å². The summed E-state index contributed by atoms with van der Waals surface area (Å²) in [6.45, 7) is 1.57. The second-order valence-electron chi connectivity index (χ2n) is 4.69. The molecular formula is C14H7Cl3O5. The average Bonchev–Trinajstić information content (AvgIpc) is 2.47. The van der Waals surface area contributed by atoms with E-state index in [1.807, 2.05) is 0 Å². The molecule has 3 rings (SSSR count). The highest BCUT2D eigenvalue weighted by molar-refractivity contribution is 6.42. The number of halogens is 3. The molecule has 0 saturated carbocycles. The monoisotopic (exact) mass is 360 g/mol. The Balaban J connectivity index is 2.75. The number of hydrogen-bond acceptors (Lipinski definition) is 5. The molecule has 0 unspecified atom stereocenters. The van der Waals surface area contributed by atoms with Gasteiger partial charge in [-0.15, -0.1) is 0 Å². The summed E-state index contributed by atoms with van der Waals surface area (Å²) >= 11 is 17.6. The SMILES string of the molecule is Cc1cc(O)c(Cl)c2oc3c(Cl)c(O)c(Cl)c(O)c3c(=O)c12. The van der Waals surface area contributed by atoms with E-state index in [2.05, 4.69) is 0 Å². The topological polar surface area (TPSA) is 90.9 Å². The zero-order chi connectivity index (χ0) is 16.3. The van der Waals surface area contributed by atoms with Crippen molar-refractivity contribution < 1.29 is 19.7 Å². The van der Waals surface area contributed by atoms with E-state index >= 15 is 0 Å². The first-order chi connectivity index (χ1) is 10.3. The van der Waals surface area contributed by atoms with E-state index in [1.54, 1.807) is 6.92 Å². The molecular weight excluding hydrogens is 355 g/mol. The van der Waals surface area contributed by atoms with Crippen molar-refractivity contribution in [2.75, 3.05) is 0 Å². The molecule has 22 heavy (non-hydrogen) atoms. The molecule has 0 radical (unpaired) electrons. The third kappa shape index (κ3) is 1.83. The standard InChI is InChI=1S/C14H7Cl3O5/c1-3-2-4(18)7(15)13-5(3)10(19)6-11(20)8(16)12(21)9(17)14(6)22-13/h2,18,20-21H,1H3. The first kappa shape index (κ1) is 15.1.